The highest BCUT2D eigenvalue weighted by Gasteiger charge is 2.21. The van der Waals surface area contributed by atoms with Crippen LogP contribution in [0.15, 0.2) is 22.7 Å². The molecule has 1 aliphatic heterocycles. The van der Waals surface area contributed by atoms with Gasteiger partial charge in [0.1, 0.15) is 0 Å². The average Bonchev–Trinajstić information content (AvgIpc) is 2.67. The van der Waals surface area contributed by atoms with Crippen LogP contribution in [0.1, 0.15) is 38.7 Å². The lowest BCUT2D eigenvalue weighted by Crippen LogP contribution is -2.26. The monoisotopic (exact) mass is 338 g/mol. The van der Waals surface area contributed by atoms with Crippen molar-refractivity contribution < 1.29 is 0 Å². The second-order valence-corrected chi connectivity index (χ2v) is 7.15. The quantitative estimate of drug-likeness (QED) is 0.890. The molecule has 2 nitrogen and oxygen atoms in total. The molecular weight excluding hydrogens is 312 g/mol. The molecule has 1 atom stereocenters. The first-order valence-corrected chi connectivity index (χ1v) is 8.64. The number of rotatable bonds is 4. The van der Waals surface area contributed by atoms with Crippen molar-refractivity contribution in [1.29, 1.82) is 0 Å². The van der Waals surface area contributed by atoms with Crippen LogP contribution in [0.4, 0.5) is 5.69 Å². The summed E-state index contributed by atoms with van der Waals surface area (Å²) in [6.45, 7) is 7.80. The summed E-state index contributed by atoms with van der Waals surface area (Å²) in [5, 5.41) is 0. The number of nitrogens with zero attached hydrogens (tertiary/aromatic N) is 1. The molecule has 2 rings (SSSR count). The third-order valence-corrected chi connectivity index (χ3v) is 5.01. The molecule has 3 heteroatoms. The van der Waals surface area contributed by atoms with E-state index in [1.165, 1.54) is 43.6 Å². The van der Waals surface area contributed by atoms with Gasteiger partial charge < -0.3 is 10.6 Å². The van der Waals surface area contributed by atoms with Gasteiger partial charge in [0.2, 0.25) is 0 Å². The minimum Gasteiger partial charge on any atom is -0.371 e. The van der Waals surface area contributed by atoms with Crippen LogP contribution in [0, 0.1) is 11.8 Å². The fourth-order valence-electron chi connectivity index (χ4n) is 3.23. The van der Waals surface area contributed by atoms with Crippen molar-refractivity contribution in [3.63, 3.8) is 0 Å². The van der Waals surface area contributed by atoms with Gasteiger partial charge in [0.25, 0.3) is 0 Å². The number of benzene rings is 1. The van der Waals surface area contributed by atoms with Gasteiger partial charge in [-0.3, -0.25) is 0 Å². The summed E-state index contributed by atoms with van der Waals surface area (Å²) in [6, 6.07) is 6.61. The molecule has 1 heterocycles. The predicted molar refractivity (Wildman–Crippen MR) is 91.3 cm³/mol. The Morgan fingerprint density at radius 3 is 2.80 bits per heavy atom. The van der Waals surface area contributed by atoms with E-state index in [-0.39, 0.29) is 0 Å². The van der Waals surface area contributed by atoms with Gasteiger partial charge in [-0.25, -0.2) is 0 Å². The van der Waals surface area contributed by atoms with Gasteiger partial charge in [-0.15, -0.1) is 0 Å². The molecule has 0 radical (unpaired) electrons. The average molecular weight is 339 g/mol. The second-order valence-electron chi connectivity index (χ2n) is 6.23. The van der Waals surface area contributed by atoms with E-state index < -0.39 is 0 Å². The molecule has 0 spiro atoms. The Balaban J connectivity index is 2.16. The molecule has 0 aliphatic carbocycles. The Morgan fingerprint density at radius 1 is 1.30 bits per heavy atom. The molecule has 1 aromatic carbocycles. The van der Waals surface area contributed by atoms with Gasteiger partial charge in [-0.05, 0) is 61.8 Å². The Labute approximate surface area is 131 Å². The molecule has 0 bridgehead atoms. The van der Waals surface area contributed by atoms with Crippen LogP contribution in [-0.2, 0) is 6.42 Å². The van der Waals surface area contributed by atoms with E-state index in [9.17, 15) is 0 Å². The summed E-state index contributed by atoms with van der Waals surface area (Å²) in [4.78, 5) is 2.57. The molecule has 1 fully saturated rings. The third-order valence-electron chi connectivity index (χ3n) is 4.52. The fraction of sp³-hybridized carbons (Fsp3) is 0.647. The topological polar surface area (TPSA) is 29.3 Å². The SMILES string of the molecule is CC(C)C1CCCN(c2cc(Br)ccc2CCN)CC1. The Hall–Kier alpha value is -0.540. The Morgan fingerprint density at radius 2 is 2.10 bits per heavy atom. The minimum absolute atomic E-state index is 0.719. The Kier molecular flexibility index (Phi) is 5.91. The van der Waals surface area contributed by atoms with Crippen molar-refractivity contribution in [3.05, 3.63) is 28.2 Å². The summed E-state index contributed by atoms with van der Waals surface area (Å²) in [5.41, 5.74) is 8.53. The smallest absolute Gasteiger partial charge is 0.0410 e. The summed E-state index contributed by atoms with van der Waals surface area (Å²) >= 11 is 3.61. The van der Waals surface area contributed by atoms with Crippen LogP contribution in [0.5, 0.6) is 0 Å². The molecular formula is C17H27BrN2. The van der Waals surface area contributed by atoms with E-state index in [4.69, 9.17) is 5.73 Å². The summed E-state index contributed by atoms with van der Waals surface area (Å²) in [6.07, 6.45) is 4.95. The molecule has 1 aromatic rings. The fourth-order valence-corrected chi connectivity index (χ4v) is 3.58. The van der Waals surface area contributed by atoms with Crippen LogP contribution in [0.25, 0.3) is 0 Å². The second kappa shape index (κ2) is 7.46. The molecule has 0 amide bonds. The molecule has 1 unspecified atom stereocenters. The number of anilines is 1. The number of halogens is 1. The molecule has 1 aliphatic rings. The zero-order valence-corrected chi connectivity index (χ0v) is 14.3. The van der Waals surface area contributed by atoms with Crippen LogP contribution >= 0.6 is 15.9 Å². The van der Waals surface area contributed by atoms with Crippen LogP contribution in [0.3, 0.4) is 0 Å². The first-order valence-electron chi connectivity index (χ1n) is 7.85. The van der Waals surface area contributed by atoms with Crippen LogP contribution in [-0.4, -0.2) is 19.6 Å². The molecule has 0 saturated carbocycles. The zero-order chi connectivity index (χ0) is 14.5. The van der Waals surface area contributed by atoms with Gasteiger partial charge in [0, 0.05) is 23.2 Å². The lowest BCUT2D eigenvalue weighted by Gasteiger charge is -2.26. The first kappa shape index (κ1) is 15.8. The first-order chi connectivity index (χ1) is 9.61. The standard InChI is InChI=1S/C17H27BrN2/c1-13(2)14-4-3-10-20(11-8-14)17-12-16(18)6-5-15(17)7-9-19/h5-6,12-14H,3-4,7-11,19H2,1-2H3. The summed E-state index contributed by atoms with van der Waals surface area (Å²) < 4.78 is 1.16. The lowest BCUT2D eigenvalue weighted by atomic mass is 9.89. The van der Waals surface area contributed by atoms with E-state index in [0.29, 0.717) is 0 Å². The van der Waals surface area contributed by atoms with Crippen molar-refractivity contribution in [1.82, 2.24) is 0 Å². The van der Waals surface area contributed by atoms with Crippen molar-refractivity contribution in [2.24, 2.45) is 17.6 Å². The predicted octanol–water partition coefficient (Wildman–Crippen LogP) is 4.21. The maximum absolute atomic E-state index is 5.76. The normalized spacial score (nSPS) is 20.2. The number of hydrogen-bond acceptors (Lipinski definition) is 2. The highest BCUT2D eigenvalue weighted by Crippen LogP contribution is 2.31. The summed E-state index contributed by atoms with van der Waals surface area (Å²) in [7, 11) is 0. The minimum atomic E-state index is 0.719. The van der Waals surface area contributed by atoms with Gasteiger partial charge in [0.15, 0.2) is 0 Å². The van der Waals surface area contributed by atoms with E-state index in [0.717, 1.165) is 29.3 Å². The lowest BCUT2D eigenvalue weighted by molar-refractivity contribution is 0.351. The zero-order valence-electron chi connectivity index (χ0n) is 12.7. The number of hydrogen-bond donors (Lipinski definition) is 1. The van der Waals surface area contributed by atoms with Gasteiger partial charge in [-0.1, -0.05) is 35.8 Å². The van der Waals surface area contributed by atoms with E-state index in [1.54, 1.807) is 0 Å². The highest BCUT2D eigenvalue weighted by atomic mass is 79.9. The highest BCUT2D eigenvalue weighted by molar-refractivity contribution is 9.10. The largest absolute Gasteiger partial charge is 0.371 e. The van der Waals surface area contributed by atoms with Gasteiger partial charge in [-0.2, -0.15) is 0 Å². The van der Waals surface area contributed by atoms with E-state index >= 15 is 0 Å². The van der Waals surface area contributed by atoms with Crippen molar-refractivity contribution in [2.75, 3.05) is 24.5 Å². The summed E-state index contributed by atoms with van der Waals surface area (Å²) in [5.74, 6) is 1.69. The van der Waals surface area contributed by atoms with Crippen molar-refractivity contribution >= 4 is 21.6 Å². The molecule has 20 heavy (non-hydrogen) atoms. The van der Waals surface area contributed by atoms with Crippen LogP contribution in [0.2, 0.25) is 0 Å². The van der Waals surface area contributed by atoms with Crippen LogP contribution < -0.4 is 10.6 Å². The Bertz CT molecular complexity index is 431. The number of nitrogens with two attached hydrogens (primary N) is 1. The maximum Gasteiger partial charge on any atom is 0.0410 e. The van der Waals surface area contributed by atoms with Gasteiger partial charge >= 0.3 is 0 Å². The molecule has 0 aromatic heterocycles. The van der Waals surface area contributed by atoms with Crippen molar-refractivity contribution in [3.8, 4) is 0 Å². The maximum atomic E-state index is 5.76. The third kappa shape index (κ3) is 3.98. The molecule has 112 valence electrons. The molecule has 2 N–H and O–H groups in total. The van der Waals surface area contributed by atoms with Gasteiger partial charge in [0.05, 0.1) is 0 Å². The van der Waals surface area contributed by atoms with E-state index in [2.05, 4.69) is 52.9 Å². The van der Waals surface area contributed by atoms with E-state index in [1.807, 2.05) is 0 Å². The van der Waals surface area contributed by atoms with Crippen molar-refractivity contribution in [2.45, 2.75) is 39.5 Å². The molecule has 1 saturated heterocycles.